The van der Waals surface area contributed by atoms with Crippen LogP contribution in [0.1, 0.15) is 27.3 Å². The van der Waals surface area contributed by atoms with Gasteiger partial charge in [-0.2, -0.15) is 23.4 Å². The number of nitrogens with zero attached hydrogens (tertiary/aromatic N) is 4. The number of rotatable bonds is 4. The van der Waals surface area contributed by atoms with Gasteiger partial charge in [-0.3, -0.25) is 14.2 Å². The molecular weight excluding hydrogens is 383 g/mol. The van der Waals surface area contributed by atoms with Crippen LogP contribution in [0.15, 0.2) is 36.7 Å². The average molecular weight is 398 g/mol. The third-order valence-corrected chi connectivity index (χ3v) is 4.32. The number of amides is 1. The maximum atomic E-state index is 12.9. The van der Waals surface area contributed by atoms with Gasteiger partial charge in [-0.15, -0.1) is 0 Å². The molecule has 2 heterocycles. The van der Waals surface area contributed by atoms with Crippen LogP contribution in [-0.2, 0) is 19.8 Å². The van der Waals surface area contributed by atoms with Crippen LogP contribution in [0.4, 0.5) is 18.9 Å². The summed E-state index contributed by atoms with van der Waals surface area (Å²) in [6.07, 6.45) is -1.75. The summed E-state index contributed by atoms with van der Waals surface area (Å²) in [5.41, 5.74) is 0.810. The van der Waals surface area contributed by atoms with Crippen LogP contribution >= 0.6 is 11.6 Å². The normalized spacial score (nSPS) is 11.6. The smallest absolute Gasteiger partial charge is 0.318 e. The Labute approximate surface area is 157 Å². The summed E-state index contributed by atoms with van der Waals surface area (Å²) in [7, 11) is 1.22. The molecule has 0 aliphatic rings. The first-order valence-corrected chi connectivity index (χ1v) is 8.22. The number of aryl methyl sites for hydroxylation is 2. The molecule has 1 N–H and O–H groups in total. The average Bonchev–Trinajstić information content (AvgIpc) is 3.13. The zero-order valence-electron chi connectivity index (χ0n) is 14.4. The van der Waals surface area contributed by atoms with E-state index in [1.54, 1.807) is 10.9 Å². The standard InChI is InChI=1S/C17H15ClF3N5O/c1-10-5-3-4-6-11(10)8-26-9-12(7-22-26)23-16(27)14-13(18)15(17(19,20)21)24-25(14)2/h3-7,9H,8H2,1-2H3,(H,23,27). The topological polar surface area (TPSA) is 64.7 Å². The Morgan fingerprint density at radius 2 is 2.00 bits per heavy atom. The Morgan fingerprint density at radius 1 is 1.30 bits per heavy atom. The minimum absolute atomic E-state index is 0.333. The second-order valence-corrected chi connectivity index (χ2v) is 6.32. The molecule has 6 nitrogen and oxygen atoms in total. The van der Waals surface area contributed by atoms with Crippen LogP contribution in [-0.4, -0.2) is 25.5 Å². The zero-order valence-corrected chi connectivity index (χ0v) is 15.1. The van der Waals surface area contributed by atoms with E-state index < -0.39 is 22.8 Å². The Morgan fingerprint density at radius 3 is 2.63 bits per heavy atom. The Hall–Kier alpha value is -2.81. The van der Waals surface area contributed by atoms with Crippen LogP contribution in [0, 0.1) is 6.92 Å². The van der Waals surface area contributed by atoms with Crippen molar-refractivity contribution in [2.45, 2.75) is 19.6 Å². The van der Waals surface area contributed by atoms with Crippen molar-refractivity contribution in [3.8, 4) is 0 Å². The van der Waals surface area contributed by atoms with Gasteiger partial charge < -0.3 is 5.32 Å². The molecule has 10 heteroatoms. The summed E-state index contributed by atoms with van der Waals surface area (Å²) in [6.45, 7) is 2.47. The highest BCUT2D eigenvalue weighted by atomic mass is 35.5. The minimum atomic E-state index is -4.74. The molecule has 0 saturated carbocycles. The van der Waals surface area contributed by atoms with Gasteiger partial charge >= 0.3 is 6.18 Å². The van der Waals surface area contributed by atoms with E-state index in [-0.39, 0.29) is 5.69 Å². The van der Waals surface area contributed by atoms with E-state index in [9.17, 15) is 18.0 Å². The molecule has 0 aliphatic carbocycles. The van der Waals surface area contributed by atoms with E-state index in [0.29, 0.717) is 12.2 Å². The molecule has 3 aromatic rings. The van der Waals surface area contributed by atoms with Crippen molar-refractivity contribution in [1.29, 1.82) is 0 Å². The summed E-state index contributed by atoms with van der Waals surface area (Å²) in [6, 6.07) is 7.78. The van der Waals surface area contributed by atoms with Gasteiger partial charge in [0.05, 0.1) is 18.4 Å². The van der Waals surface area contributed by atoms with Crippen molar-refractivity contribution in [1.82, 2.24) is 19.6 Å². The Kier molecular flexibility index (Phi) is 4.97. The van der Waals surface area contributed by atoms with Crippen LogP contribution in [0.3, 0.4) is 0 Å². The first-order chi connectivity index (χ1) is 12.7. The monoisotopic (exact) mass is 397 g/mol. The molecule has 0 unspecified atom stereocenters. The van der Waals surface area contributed by atoms with Crippen molar-refractivity contribution in [2.75, 3.05) is 5.32 Å². The summed E-state index contributed by atoms with van der Waals surface area (Å²) in [4.78, 5) is 12.4. The molecule has 1 aromatic carbocycles. The van der Waals surface area contributed by atoms with E-state index >= 15 is 0 Å². The maximum absolute atomic E-state index is 12.9. The van der Waals surface area contributed by atoms with Crippen molar-refractivity contribution >= 4 is 23.2 Å². The number of aromatic nitrogens is 4. The lowest BCUT2D eigenvalue weighted by atomic mass is 10.1. The molecule has 1 amide bonds. The van der Waals surface area contributed by atoms with Gasteiger partial charge in [0.2, 0.25) is 0 Å². The van der Waals surface area contributed by atoms with E-state index in [4.69, 9.17) is 11.6 Å². The fraction of sp³-hybridized carbons (Fsp3) is 0.235. The number of hydrogen-bond donors (Lipinski definition) is 1. The van der Waals surface area contributed by atoms with Gasteiger partial charge in [0.25, 0.3) is 5.91 Å². The van der Waals surface area contributed by atoms with Crippen molar-refractivity contribution in [3.05, 3.63) is 64.2 Å². The van der Waals surface area contributed by atoms with Crippen molar-refractivity contribution in [2.24, 2.45) is 7.05 Å². The molecule has 0 spiro atoms. The van der Waals surface area contributed by atoms with Crippen LogP contribution in [0.25, 0.3) is 0 Å². The fourth-order valence-corrected chi connectivity index (χ4v) is 2.95. The lowest BCUT2D eigenvalue weighted by Crippen LogP contribution is -2.16. The highest BCUT2D eigenvalue weighted by Crippen LogP contribution is 2.35. The first-order valence-electron chi connectivity index (χ1n) is 7.85. The van der Waals surface area contributed by atoms with Gasteiger partial charge in [-0.25, -0.2) is 0 Å². The van der Waals surface area contributed by atoms with E-state index in [0.717, 1.165) is 15.8 Å². The largest absolute Gasteiger partial charge is 0.436 e. The SMILES string of the molecule is Cc1ccccc1Cn1cc(NC(=O)c2c(Cl)c(C(F)(F)F)nn2C)cn1. The second kappa shape index (κ2) is 7.07. The molecule has 0 radical (unpaired) electrons. The third kappa shape index (κ3) is 3.97. The molecule has 3 rings (SSSR count). The summed E-state index contributed by atoms with van der Waals surface area (Å²) < 4.78 is 41.0. The molecule has 0 fully saturated rings. The van der Waals surface area contributed by atoms with E-state index in [1.165, 1.54) is 13.2 Å². The third-order valence-electron chi connectivity index (χ3n) is 3.96. The summed E-state index contributed by atoms with van der Waals surface area (Å²) >= 11 is 5.72. The van der Waals surface area contributed by atoms with Gasteiger partial charge in [-0.1, -0.05) is 35.9 Å². The lowest BCUT2D eigenvalue weighted by Gasteiger charge is -2.05. The summed E-state index contributed by atoms with van der Waals surface area (Å²) in [5.74, 6) is -0.805. The number of benzene rings is 1. The molecule has 0 bridgehead atoms. The van der Waals surface area contributed by atoms with Gasteiger partial charge in [-0.05, 0) is 18.1 Å². The minimum Gasteiger partial charge on any atom is -0.318 e. The predicted molar refractivity (Wildman–Crippen MR) is 93.7 cm³/mol. The molecule has 0 saturated heterocycles. The molecule has 2 aromatic heterocycles. The summed E-state index contributed by atoms with van der Waals surface area (Å²) in [5, 5.41) is 9.20. The highest BCUT2D eigenvalue weighted by molar-refractivity contribution is 6.34. The lowest BCUT2D eigenvalue weighted by molar-refractivity contribution is -0.141. The second-order valence-electron chi connectivity index (χ2n) is 5.94. The number of hydrogen-bond acceptors (Lipinski definition) is 3. The fourth-order valence-electron chi connectivity index (χ4n) is 2.59. The Bertz CT molecular complexity index is 993. The zero-order chi connectivity index (χ0) is 19.8. The quantitative estimate of drug-likeness (QED) is 0.726. The number of alkyl halides is 3. The van der Waals surface area contributed by atoms with E-state index in [1.807, 2.05) is 31.2 Å². The van der Waals surface area contributed by atoms with Gasteiger partial charge in [0.15, 0.2) is 5.69 Å². The van der Waals surface area contributed by atoms with Crippen molar-refractivity contribution in [3.63, 3.8) is 0 Å². The van der Waals surface area contributed by atoms with Crippen LogP contribution < -0.4 is 5.32 Å². The molecule has 0 atom stereocenters. The maximum Gasteiger partial charge on any atom is 0.436 e. The molecule has 0 aliphatic heterocycles. The Balaban J connectivity index is 1.77. The van der Waals surface area contributed by atoms with E-state index in [2.05, 4.69) is 15.5 Å². The van der Waals surface area contributed by atoms with Gasteiger partial charge in [0.1, 0.15) is 10.7 Å². The van der Waals surface area contributed by atoms with Crippen LogP contribution in [0.2, 0.25) is 5.02 Å². The highest BCUT2D eigenvalue weighted by Gasteiger charge is 2.39. The number of nitrogens with one attached hydrogen (secondary N) is 1. The number of anilines is 1. The molecule has 142 valence electrons. The van der Waals surface area contributed by atoms with Gasteiger partial charge in [0, 0.05) is 13.2 Å². The molecular formula is C17H15ClF3N5O. The number of carbonyl (C=O) groups excluding carboxylic acids is 1. The first kappa shape index (κ1) is 19.0. The molecule has 27 heavy (non-hydrogen) atoms. The predicted octanol–water partition coefficient (Wildman–Crippen LogP) is 3.90. The number of halogens is 4. The number of carbonyl (C=O) groups is 1. The van der Waals surface area contributed by atoms with Crippen LogP contribution in [0.5, 0.6) is 0 Å². The van der Waals surface area contributed by atoms with Crippen molar-refractivity contribution < 1.29 is 18.0 Å².